The third kappa shape index (κ3) is 3.40. The van der Waals surface area contributed by atoms with E-state index < -0.39 is 0 Å². The van der Waals surface area contributed by atoms with E-state index in [1.807, 2.05) is 19.9 Å². The van der Waals surface area contributed by atoms with Gasteiger partial charge in [0, 0.05) is 24.0 Å². The Balaban J connectivity index is 2.24. The highest BCUT2D eigenvalue weighted by Gasteiger charge is 2.03. The van der Waals surface area contributed by atoms with Gasteiger partial charge in [0.15, 0.2) is 0 Å². The van der Waals surface area contributed by atoms with Crippen molar-refractivity contribution < 1.29 is 4.39 Å². The zero-order chi connectivity index (χ0) is 13.8. The molecule has 0 spiro atoms. The van der Waals surface area contributed by atoms with Gasteiger partial charge >= 0.3 is 0 Å². The van der Waals surface area contributed by atoms with Gasteiger partial charge in [-0.1, -0.05) is 0 Å². The maximum Gasteiger partial charge on any atom is 0.224 e. The lowest BCUT2D eigenvalue weighted by Gasteiger charge is -2.09. The van der Waals surface area contributed by atoms with Gasteiger partial charge in [-0.2, -0.15) is 4.98 Å². The fourth-order valence-electron chi connectivity index (χ4n) is 1.74. The average molecular weight is 260 g/mol. The Kier molecular flexibility index (Phi) is 3.94. The van der Waals surface area contributed by atoms with Crippen LogP contribution in [0.15, 0.2) is 24.3 Å². The van der Waals surface area contributed by atoms with Gasteiger partial charge in [-0.15, -0.1) is 0 Å². The molecule has 1 aromatic carbocycles. The lowest BCUT2D eigenvalue weighted by molar-refractivity contribution is 0.619. The van der Waals surface area contributed by atoms with Crippen LogP contribution in [0.2, 0.25) is 0 Å². The predicted octanol–water partition coefficient (Wildman–Crippen LogP) is 3.41. The van der Waals surface area contributed by atoms with Crippen LogP contribution in [0.5, 0.6) is 0 Å². The highest BCUT2D eigenvalue weighted by molar-refractivity contribution is 5.58. The third-order valence-corrected chi connectivity index (χ3v) is 2.62. The molecule has 0 aliphatic carbocycles. The van der Waals surface area contributed by atoms with Crippen LogP contribution in [0.1, 0.15) is 18.2 Å². The molecule has 2 N–H and O–H groups in total. The molecule has 0 fully saturated rings. The fraction of sp³-hybridized carbons (Fsp3) is 0.286. The summed E-state index contributed by atoms with van der Waals surface area (Å²) in [5.41, 5.74) is 2.27. The summed E-state index contributed by atoms with van der Waals surface area (Å²) in [6.07, 6.45) is 0. The zero-order valence-electron chi connectivity index (χ0n) is 11.3. The molecule has 1 aromatic heterocycles. The first-order chi connectivity index (χ1) is 9.08. The summed E-state index contributed by atoms with van der Waals surface area (Å²) in [7, 11) is 0. The number of hydrogen-bond acceptors (Lipinski definition) is 4. The van der Waals surface area contributed by atoms with E-state index in [2.05, 4.69) is 20.6 Å². The molecule has 0 atom stereocenters. The largest absolute Gasteiger partial charge is 0.354 e. The molecule has 0 unspecified atom stereocenters. The second-order valence-corrected chi connectivity index (χ2v) is 4.34. The Morgan fingerprint density at radius 1 is 1.16 bits per heavy atom. The van der Waals surface area contributed by atoms with E-state index in [-0.39, 0.29) is 5.82 Å². The van der Waals surface area contributed by atoms with Gasteiger partial charge in [0.25, 0.3) is 0 Å². The molecule has 0 saturated carbocycles. The Hall–Kier alpha value is -2.17. The summed E-state index contributed by atoms with van der Waals surface area (Å²) in [6.45, 7) is 6.39. The van der Waals surface area contributed by atoms with E-state index in [9.17, 15) is 4.39 Å². The van der Waals surface area contributed by atoms with Gasteiger partial charge in [-0.05, 0) is 44.5 Å². The first-order valence-corrected chi connectivity index (χ1v) is 6.21. The summed E-state index contributed by atoms with van der Waals surface area (Å²) in [6, 6.07) is 6.73. The molecule has 2 rings (SSSR count). The van der Waals surface area contributed by atoms with Crippen molar-refractivity contribution >= 4 is 17.5 Å². The molecule has 0 bridgehead atoms. The van der Waals surface area contributed by atoms with Gasteiger partial charge in [0.2, 0.25) is 5.95 Å². The van der Waals surface area contributed by atoms with E-state index in [0.717, 1.165) is 17.9 Å². The van der Waals surface area contributed by atoms with E-state index in [4.69, 9.17) is 0 Å². The first-order valence-electron chi connectivity index (χ1n) is 6.21. The lowest BCUT2D eigenvalue weighted by Crippen LogP contribution is -2.05. The SMILES string of the molecule is CCNc1nc(C)cc(Nc2ccc(F)c(C)c2)n1. The molecule has 1 heterocycles. The molecule has 0 radical (unpaired) electrons. The molecule has 100 valence electrons. The molecule has 0 amide bonds. The number of rotatable bonds is 4. The molecule has 19 heavy (non-hydrogen) atoms. The van der Waals surface area contributed by atoms with E-state index in [0.29, 0.717) is 17.3 Å². The van der Waals surface area contributed by atoms with Gasteiger partial charge < -0.3 is 10.6 Å². The molecular weight excluding hydrogens is 243 g/mol. The fourth-order valence-corrected chi connectivity index (χ4v) is 1.74. The molecule has 4 nitrogen and oxygen atoms in total. The van der Waals surface area contributed by atoms with Crippen LogP contribution < -0.4 is 10.6 Å². The number of hydrogen-bond donors (Lipinski definition) is 2. The van der Waals surface area contributed by atoms with Crippen molar-refractivity contribution in [1.29, 1.82) is 0 Å². The van der Waals surface area contributed by atoms with Crippen LogP contribution in [0, 0.1) is 19.7 Å². The minimum absolute atomic E-state index is 0.210. The molecule has 0 aliphatic rings. The molecular formula is C14H17FN4. The Morgan fingerprint density at radius 2 is 1.95 bits per heavy atom. The minimum atomic E-state index is -0.210. The van der Waals surface area contributed by atoms with Crippen LogP contribution in [0.3, 0.4) is 0 Å². The highest BCUT2D eigenvalue weighted by atomic mass is 19.1. The summed E-state index contributed by atoms with van der Waals surface area (Å²) in [5.74, 6) is 1.07. The quantitative estimate of drug-likeness (QED) is 0.884. The Bertz CT molecular complexity index is 584. The predicted molar refractivity (Wildman–Crippen MR) is 75.4 cm³/mol. The standard InChI is InChI=1S/C14H17FN4/c1-4-16-14-17-10(3)8-13(19-14)18-11-5-6-12(15)9(2)7-11/h5-8H,4H2,1-3H3,(H2,16,17,18,19). The second kappa shape index (κ2) is 5.65. The van der Waals surface area contributed by atoms with Crippen molar-refractivity contribution in [2.45, 2.75) is 20.8 Å². The van der Waals surface area contributed by atoms with Crippen LogP contribution in [-0.4, -0.2) is 16.5 Å². The number of aromatic nitrogens is 2. The van der Waals surface area contributed by atoms with E-state index >= 15 is 0 Å². The summed E-state index contributed by atoms with van der Waals surface area (Å²) in [4.78, 5) is 8.62. The number of benzene rings is 1. The molecule has 0 saturated heterocycles. The van der Waals surface area contributed by atoms with Gasteiger partial charge in [-0.3, -0.25) is 0 Å². The van der Waals surface area contributed by atoms with Crippen LogP contribution in [0.4, 0.5) is 21.8 Å². The van der Waals surface area contributed by atoms with Gasteiger partial charge in [-0.25, -0.2) is 9.37 Å². The number of nitrogens with zero attached hydrogens (tertiary/aromatic N) is 2. The van der Waals surface area contributed by atoms with Crippen molar-refractivity contribution in [2.24, 2.45) is 0 Å². The lowest BCUT2D eigenvalue weighted by atomic mass is 10.2. The number of aryl methyl sites for hydroxylation is 2. The van der Waals surface area contributed by atoms with Crippen LogP contribution in [0.25, 0.3) is 0 Å². The average Bonchev–Trinajstić information content (AvgIpc) is 2.33. The smallest absolute Gasteiger partial charge is 0.224 e. The van der Waals surface area contributed by atoms with E-state index in [1.165, 1.54) is 6.07 Å². The maximum absolute atomic E-state index is 13.2. The van der Waals surface area contributed by atoms with Crippen molar-refractivity contribution in [2.75, 3.05) is 17.2 Å². The van der Waals surface area contributed by atoms with Crippen molar-refractivity contribution in [3.05, 3.63) is 41.3 Å². The zero-order valence-corrected chi connectivity index (χ0v) is 11.3. The Morgan fingerprint density at radius 3 is 2.63 bits per heavy atom. The third-order valence-electron chi connectivity index (χ3n) is 2.62. The highest BCUT2D eigenvalue weighted by Crippen LogP contribution is 2.19. The topological polar surface area (TPSA) is 49.8 Å². The number of anilines is 3. The minimum Gasteiger partial charge on any atom is -0.354 e. The van der Waals surface area contributed by atoms with Gasteiger partial charge in [0.05, 0.1) is 0 Å². The Labute approximate surface area is 112 Å². The normalized spacial score (nSPS) is 10.3. The second-order valence-electron chi connectivity index (χ2n) is 4.34. The molecule has 5 heteroatoms. The number of nitrogens with one attached hydrogen (secondary N) is 2. The van der Waals surface area contributed by atoms with Crippen molar-refractivity contribution in [3.8, 4) is 0 Å². The molecule has 2 aromatic rings. The van der Waals surface area contributed by atoms with Crippen LogP contribution >= 0.6 is 0 Å². The molecule has 0 aliphatic heterocycles. The van der Waals surface area contributed by atoms with Crippen molar-refractivity contribution in [3.63, 3.8) is 0 Å². The van der Waals surface area contributed by atoms with E-state index in [1.54, 1.807) is 19.1 Å². The first kappa shape index (κ1) is 13.3. The summed E-state index contributed by atoms with van der Waals surface area (Å²) < 4.78 is 13.2. The maximum atomic E-state index is 13.2. The summed E-state index contributed by atoms with van der Waals surface area (Å²) in [5, 5.41) is 6.23. The monoisotopic (exact) mass is 260 g/mol. The number of halogens is 1. The van der Waals surface area contributed by atoms with Crippen LogP contribution in [-0.2, 0) is 0 Å². The van der Waals surface area contributed by atoms with Crippen molar-refractivity contribution in [1.82, 2.24) is 9.97 Å². The summed E-state index contributed by atoms with van der Waals surface area (Å²) >= 11 is 0. The van der Waals surface area contributed by atoms with Gasteiger partial charge in [0.1, 0.15) is 11.6 Å².